The number of unbranched alkanes of at least 4 members (excludes halogenated alkanes) is 1. The Labute approximate surface area is 81.1 Å². The van der Waals surface area contributed by atoms with Gasteiger partial charge in [0, 0.05) is 13.6 Å². The van der Waals surface area contributed by atoms with E-state index < -0.39 is 5.60 Å². The van der Waals surface area contributed by atoms with Crippen molar-refractivity contribution in [1.29, 1.82) is 0 Å². The van der Waals surface area contributed by atoms with Crippen molar-refractivity contribution in [1.82, 2.24) is 4.90 Å². The first kappa shape index (κ1) is 12.3. The lowest BCUT2D eigenvalue weighted by Crippen LogP contribution is -2.34. The molecule has 0 saturated heterocycles. The van der Waals surface area contributed by atoms with Crippen molar-refractivity contribution >= 4 is 6.09 Å². The lowest BCUT2D eigenvalue weighted by Gasteiger charge is -2.24. The van der Waals surface area contributed by atoms with Crippen molar-refractivity contribution in [3.8, 4) is 0 Å². The zero-order chi connectivity index (χ0) is 10.5. The molecular formula is C10H20NO2. The molecule has 0 spiro atoms. The molecule has 0 aromatic heterocycles. The summed E-state index contributed by atoms with van der Waals surface area (Å²) in [5.41, 5.74) is -0.402. The Bertz CT molecular complexity index is 161. The molecule has 3 nitrogen and oxygen atoms in total. The minimum atomic E-state index is -0.402. The molecule has 1 amide bonds. The third-order valence-corrected chi connectivity index (χ3v) is 1.46. The minimum Gasteiger partial charge on any atom is -0.444 e. The van der Waals surface area contributed by atoms with E-state index in [4.69, 9.17) is 4.74 Å². The third kappa shape index (κ3) is 6.43. The van der Waals surface area contributed by atoms with Gasteiger partial charge >= 0.3 is 6.09 Å². The van der Waals surface area contributed by atoms with E-state index in [9.17, 15) is 4.79 Å². The molecule has 0 atom stereocenters. The fourth-order valence-electron chi connectivity index (χ4n) is 0.754. The molecule has 0 aromatic rings. The van der Waals surface area contributed by atoms with Gasteiger partial charge in [-0.1, -0.05) is 6.92 Å². The zero-order valence-corrected chi connectivity index (χ0v) is 9.26. The van der Waals surface area contributed by atoms with Crippen LogP contribution in [0.3, 0.4) is 0 Å². The number of nitrogens with zero attached hydrogens (tertiary/aromatic N) is 1. The van der Waals surface area contributed by atoms with Crippen LogP contribution in [0.15, 0.2) is 0 Å². The Kier molecular flexibility index (Phi) is 4.81. The summed E-state index contributed by atoms with van der Waals surface area (Å²) in [6, 6.07) is 0. The smallest absolute Gasteiger partial charge is 0.410 e. The van der Waals surface area contributed by atoms with E-state index in [0.29, 0.717) is 6.54 Å². The highest BCUT2D eigenvalue weighted by Crippen LogP contribution is 2.09. The monoisotopic (exact) mass is 186 g/mol. The lowest BCUT2D eigenvalue weighted by molar-refractivity contribution is 0.0300. The average Bonchev–Trinajstić information content (AvgIpc) is 1.96. The second-order valence-corrected chi connectivity index (χ2v) is 4.10. The second-order valence-electron chi connectivity index (χ2n) is 4.10. The summed E-state index contributed by atoms with van der Waals surface area (Å²) in [6.07, 6.45) is 2.67. The van der Waals surface area contributed by atoms with E-state index in [1.807, 2.05) is 34.1 Å². The van der Waals surface area contributed by atoms with Crippen molar-refractivity contribution in [3.05, 3.63) is 6.42 Å². The minimum absolute atomic E-state index is 0.255. The van der Waals surface area contributed by atoms with Gasteiger partial charge in [0.2, 0.25) is 0 Å². The second kappa shape index (κ2) is 5.10. The fraction of sp³-hybridized carbons (Fsp3) is 0.800. The summed E-state index contributed by atoms with van der Waals surface area (Å²) >= 11 is 0. The predicted octanol–water partition coefficient (Wildman–Crippen LogP) is 2.47. The molecule has 0 unspecified atom stereocenters. The van der Waals surface area contributed by atoms with Crippen LogP contribution in [0.5, 0.6) is 0 Å². The maximum atomic E-state index is 11.4. The number of amides is 1. The molecule has 0 aliphatic carbocycles. The van der Waals surface area contributed by atoms with E-state index >= 15 is 0 Å². The largest absolute Gasteiger partial charge is 0.444 e. The number of rotatable bonds is 3. The molecule has 0 N–H and O–H groups in total. The molecule has 0 aliphatic heterocycles. The first-order chi connectivity index (χ1) is 5.87. The summed E-state index contributed by atoms with van der Waals surface area (Å²) in [7, 11) is 1.75. The van der Waals surface area contributed by atoms with Crippen LogP contribution in [0.4, 0.5) is 4.79 Å². The van der Waals surface area contributed by atoms with Gasteiger partial charge in [-0.15, -0.1) is 0 Å². The molecule has 0 aromatic carbocycles. The van der Waals surface area contributed by atoms with Gasteiger partial charge in [-0.05, 0) is 33.6 Å². The number of carbonyl (C=O) groups excluding carboxylic acids is 1. The molecule has 0 fully saturated rings. The van der Waals surface area contributed by atoms with Gasteiger partial charge in [0.1, 0.15) is 5.60 Å². The summed E-state index contributed by atoms with van der Waals surface area (Å²) in [5.74, 6) is 0. The molecule has 0 rings (SSSR count). The van der Waals surface area contributed by atoms with Gasteiger partial charge in [0.15, 0.2) is 0 Å². The highest BCUT2D eigenvalue weighted by Gasteiger charge is 2.18. The van der Waals surface area contributed by atoms with Gasteiger partial charge in [-0.3, -0.25) is 0 Å². The summed E-state index contributed by atoms with van der Waals surface area (Å²) in [4.78, 5) is 12.9. The number of ether oxygens (including phenoxy) is 1. The Morgan fingerprint density at radius 2 is 2.00 bits per heavy atom. The van der Waals surface area contributed by atoms with E-state index in [1.165, 1.54) is 0 Å². The highest BCUT2D eigenvalue weighted by atomic mass is 16.6. The quantitative estimate of drug-likeness (QED) is 0.677. The van der Waals surface area contributed by atoms with Crippen LogP contribution in [0.2, 0.25) is 0 Å². The summed E-state index contributed by atoms with van der Waals surface area (Å²) in [6.45, 7) is 8.29. The van der Waals surface area contributed by atoms with E-state index in [1.54, 1.807) is 11.9 Å². The van der Waals surface area contributed by atoms with E-state index in [2.05, 4.69) is 0 Å². The van der Waals surface area contributed by atoms with Gasteiger partial charge in [0.05, 0.1) is 0 Å². The Hall–Kier alpha value is -0.730. The number of carbonyl (C=O) groups is 1. The normalized spacial score (nSPS) is 11.2. The molecule has 0 aliphatic rings. The van der Waals surface area contributed by atoms with Crippen LogP contribution in [0.1, 0.15) is 34.1 Å². The maximum absolute atomic E-state index is 11.4. The Morgan fingerprint density at radius 3 is 2.38 bits per heavy atom. The maximum Gasteiger partial charge on any atom is 0.410 e. The molecular weight excluding hydrogens is 166 g/mol. The lowest BCUT2D eigenvalue weighted by atomic mass is 10.2. The number of hydrogen-bond donors (Lipinski definition) is 0. The van der Waals surface area contributed by atoms with Crippen molar-refractivity contribution in [2.75, 3.05) is 13.6 Å². The van der Waals surface area contributed by atoms with Crippen LogP contribution >= 0.6 is 0 Å². The topological polar surface area (TPSA) is 29.5 Å². The predicted molar refractivity (Wildman–Crippen MR) is 53.5 cm³/mol. The molecule has 77 valence electrons. The van der Waals surface area contributed by atoms with Gasteiger partial charge in [-0.25, -0.2) is 4.79 Å². The Morgan fingerprint density at radius 1 is 1.46 bits per heavy atom. The molecule has 3 heteroatoms. The number of hydrogen-bond acceptors (Lipinski definition) is 2. The van der Waals surface area contributed by atoms with Crippen LogP contribution in [0.25, 0.3) is 0 Å². The van der Waals surface area contributed by atoms with E-state index in [0.717, 1.165) is 6.42 Å². The summed E-state index contributed by atoms with van der Waals surface area (Å²) < 4.78 is 5.17. The van der Waals surface area contributed by atoms with Gasteiger partial charge in [-0.2, -0.15) is 0 Å². The molecule has 1 radical (unpaired) electrons. The first-order valence-electron chi connectivity index (χ1n) is 4.59. The molecule has 0 bridgehead atoms. The standard InChI is InChI=1S/C10H20NO2/c1-6-7-8-11(5)9(12)13-10(2,3)4/h6H,7-8H2,1-5H3. The zero-order valence-electron chi connectivity index (χ0n) is 9.26. The van der Waals surface area contributed by atoms with Crippen molar-refractivity contribution in [3.63, 3.8) is 0 Å². The molecule has 0 heterocycles. The van der Waals surface area contributed by atoms with Crippen molar-refractivity contribution in [2.24, 2.45) is 0 Å². The Balaban J connectivity index is 3.83. The van der Waals surface area contributed by atoms with Crippen LogP contribution < -0.4 is 0 Å². The summed E-state index contributed by atoms with van der Waals surface area (Å²) in [5, 5.41) is 0. The fourth-order valence-corrected chi connectivity index (χ4v) is 0.754. The molecule has 0 saturated carbocycles. The average molecular weight is 186 g/mol. The third-order valence-electron chi connectivity index (χ3n) is 1.46. The van der Waals surface area contributed by atoms with Crippen molar-refractivity contribution < 1.29 is 9.53 Å². The SMILES string of the molecule is C[CH]CCN(C)C(=O)OC(C)(C)C. The van der Waals surface area contributed by atoms with Crippen LogP contribution in [-0.2, 0) is 4.74 Å². The van der Waals surface area contributed by atoms with Gasteiger partial charge in [0.25, 0.3) is 0 Å². The highest BCUT2D eigenvalue weighted by molar-refractivity contribution is 5.67. The van der Waals surface area contributed by atoms with Gasteiger partial charge < -0.3 is 9.64 Å². The van der Waals surface area contributed by atoms with Crippen LogP contribution in [0, 0.1) is 6.42 Å². The van der Waals surface area contributed by atoms with Crippen LogP contribution in [-0.4, -0.2) is 30.2 Å². The van der Waals surface area contributed by atoms with E-state index in [-0.39, 0.29) is 6.09 Å². The molecule has 13 heavy (non-hydrogen) atoms. The first-order valence-corrected chi connectivity index (χ1v) is 4.59. The van der Waals surface area contributed by atoms with Crippen molar-refractivity contribution in [2.45, 2.75) is 39.7 Å².